The second-order valence-electron chi connectivity index (χ2n) is 4.69. The Morgan fingerprint density at radius 1 is 1.18 bits per heavy atom. The molecule has 0 saturated heterocycles. The van der Waals surface area contributed by atoms with Gasteiger partial charge in [0.2, 0.25) is 0 Å². The fraction of sp³-hybridized carbons (Fsp3) is 0.600. The molecule has 2 heteroatoms. The quantitative estimate of drug-likeness (QED) is 0.760. The van der Waals surface area contributed by atoms with Crippen molar-refractivity contribution < 1.29 is 4.74 Å². The summed E-state index contributed by atoms with van der Waals surface area (Å²) in [5, 5.41) is 3.51. The molecule has 0 amide bonds. The number of anilines is 1. The van der Waals surface area contributed by atoms with E-state index in [1.807, 2.05) is 0 Å². The molecule has 0 saturated carbocycles. The van der Waals surface area contributed by atoms with Crippen LogP contribution in [0.5, 0.6) is 0 Å². The average Bonchev–Trinajstić information content (AvgIpc) is 2.39. The molecule has 0 spiro atoms. The van der Waals surface area contributed by atoms with Gasteiger partial charge in [-0.1, -0.05) is 19.1 Å². The van der Waals surface area contributed by atoms with Gasteiger partial charge in [-0.3, -0.25) is 0 Å². The SMILES string of the molecule is CCCOCCNc1cccc2c1CCCC2. The van der Waals surface area contributed by atoms with E-state index in [9.17, 15) is 0 Å². The summed E-state index contributed by atoms with van der Waals surface area (Å²) in [6, 6.07) is 6.64. The maximum Gasteiger partial charge on any atom is 0.0639 e. The molecule has 2 rings (SSSR count). The standard InChI is InChI=1S/C15H23NO/c1-2-11-17-12-10-16-15-9-5-7-13-6-3-4-8-14(13)15/h5,7,9,16H,2-4,6,8,10-12H2,1H3. The van der Waals surface area contributed by atoms with E-state index in [2.05, 4.69) is 30.4 Å². The second-order valence-corrected chi connectivity index (χ2v) is 4.69. The van der Waals surface area contributed by atoms with Crippen LogP contribution in [0.2, 0.25) is 0 Å². The van der Waals surface area contributed by atoms with Gasteiger partial charge in [-0.05, 0) is 49.3 Å². The second kappa shape index (κ2) is 6.65. The third kappa shape index (κ3) is 3.47. The topological polar surface area (TPSA) is 21.3 Å². The van der Waals surface area contributed by atoms with Crippen molar-refractivity contribution >= 4 is 5.69 Å². The lowest BCUT2D eigenvalue weighted by molar-refractivity contribution is 0.144. The fourth-order valence-corrected chi connectivity index (χ4v) is 2.45. The van der Waals surface area contributed by atoms with Gasteiger partial charge < -0.3 is 10.1 Å². The maximum atomic E-state index is 5.49. The predicted octanol–water partition coefficient (Wildman–Crippen LogP) is 3.40. The minimum absolute atomic E-state index is 0.803. The zero-order valence-electron chi connectivity index (χ0n) is 10.8. The summed E-state index contributed by atoms with van der Waals surface area (Å²) in [7, 11) is 0. The van der Waals surface area contributed by atoms with Crippen LogP contribution in [0, 0.1) is 0 Å². The maximum absolute atomic E-state index is 5.49. The molecule has 0 aliphatic heterocycles. The number of rotatable bonds is 6. The fourth-order valence-electron chi connectivity index (χ4n) is 2.45. The third-order valence-corrected chi connectivity index (χ3v) is 3.31. The van der Waals surface area contributed by atoms with Crippen LogP contribution in [-0.4, -0.2) is 19.8 Å². The summed E-state index contributed by atoms with van der Waals surface area (Å²) in [4.78, 5) is 0. The van der Waals surface area contributed by atoms with Crippen molar-refractivity contribution in [1.82, 2.24) is 0 Å². The number of fused-ring (bicyclic) bond motifs is 1. The van der Waals surface area contributed by atoms with Crippen LogP contribution in [0.15, 0.2) is 18.2 Å². The lowest BCUT2D eigenvalue weighted by Crippen LogP contribution is -2.13. The van der Waals surface area contributed by atoms with E-state index in [1.165, 1.54) is 42.5 Å². The number of benzene rings is 1. The summed E-state index contributed by atoms with van der Waals surface area (Å²) >= 11 is 0. The lowest BCUT2D eigenvalue weighted by atomic mass is 9.90. The Hall–Kier alpha value is -1.02. The first kappa shape index (κ1) is 12.4. The molecule has 0 fully saturated rings. The number of hydrogen-bond donors (Lipinski definition) is 1. The van der Waals surface area contributed by atoms with Gasteiger partial charge in [-0.2, -0.15) is 0 Å². The molecule has 1 aliphatic rings. The van der Waals surface area contributed by atoms with Gasteiger partial charge in [0.15, 0.2) is 0 Å². The third-order valence-electron chi connectivity index (χ3n) is 3.31. The molecule has 0 bridgehead atoms. The summed E-state index contributed by atoms with van der Waals surface area (Å²) in [6.45, 7) is 4.73. The van der Waals surface area contributed by atoms with Crippen molar-refractivity contribution in [2.45, 2.75) is 39.0 Å². The van der Waals surface area contributed by atoms with E-state index < -0.39 is 0 Å². The Kier molecular flexibility index (Phi) is 4.87. The monoisotopic (exact) mass is 233 g/mol. The van der Waals surface area contributed by atoms with Crippen molar-refractivity contribution in [3.05, 3.63) is 29.3 Å². The van der Waals surface area contributed by atoms with Crippen molar-refractivity contribution in [2.75, 3.05) is 25.1 Å². The van der Waals surface area contributed by atoms with Gasteiger partial charge in [0, 0.05) is 18.8 Å². The molecule has 1 aliphatic carbocycles. The first-order valence-electron chi connectivity index (χ1n) is 6.84. The highest BCUT2D eigenvalue weighted by Gasteiger charge is 2.12. The molecule has 94 valence electrons. The Labute approximate surface area is 104 Å². The van der Waals surface area contributed by atoms with Crippen LogP contribution in [0.4, 0.5) is 5.69 Å². The molecule has 1 N–H and O–H groups in total. The van der Waals surface area contributed by atoms with E-state index in [1.54, 1.807) is 0 Å². The summed E-state index contributed by atoms with van der Waals surface area (Å²) in [5.74, 6) is 0. The minimum atomic E-state index is 0.803. The molecule has 2 nitrogen and oxygen atoms in total. The summed E-state index contributed by atoms with van der Waals surface area (Å²) in [6.07, 6.45) is 6.25. The first-order valence-corrected chi connectivity index (χ1v) is 6.84. The predicted molar refractivity (Wildman–Crippen MR) is 72.7 cm³/mol. The van der Waals surface area contributed by atoms with E-state index in [0.717, 1.165) is 26.2 Å². The number of nitrogens with one attached hydrogen (secondary N) is 1. The van der Waals surface area contributed by atoms with Gasteiger partial charge >= 0.3 is 0 Å². The lowest BCUT2D eigenvalue weighted by Gasteiger charge is -2.20. The first-order chi connectivity index (χ1) is 8.42. The van der Waals surface area contributed by atoms with Crippen LogP contribution in [0.1, 0.15) is 37.3 Å². The normalized spacial score (nSPS) is 14.4. The Morgan fingerprint density at radius 3 is 2.94 bits per heavy atom. The van der Waals surface area contributed by atoms with Gasteiger partial charge in [-0.15, -0.1) is 0 Å². The summed E-state index contributed by atoms with van der Waals surface area (Å²) in [5.41, 5.74) is 4.40. The van der Waals surface area contributed by atoms with Crippen LogP contribution in [-0.2, 0) is 17.6 Å². The van der Waals surface area contributed by atoms with Gasteiger partial charge in [0.1, 0.15) is 0 Å². The Balaban J connectivity index is 1.87. The number of ether oxygens (including phenoxy) is 1. The smallest absolute Gasteiger partial charge is 0.0639 e. The molecule has 0 atom stereocenters. The number of aryl methyl sites for hydroxylation is 1. The molecule has 0 aromatic heterocycles. The Morgan fingerprint density at radius 2 is 2.06 bits per heavy atom. The van der Waals surface area contributed by atoms with Crippen molar-refractivity contribution in [3.63, 3.8) is 0 Å². The highest BCUT2D eigenvalue weighted by Crippen LogP contribution is 2.27. The van der Waals surface area contributed by atoms with Crippen LogP contribution in [0.3, 0.4) is 0 Å². The van der Waals surface area contributed by atoms with Crippen molar-refractivity contribution in [2.24, 2.45) is 0 Å². The average molecular weight is 233 g/mol. The van der Waals surface area contributed by atoms with Crippen molar-refractivity contribution in [3.8, 4) is 0 Å². The van der Waals surface area contributed by atoms with E-state index in [4.69, 9.17) is 4.74 Å². The number of hydrogen-bond acceptors (Lipinski definition) is 2. The largest absolute Gasteiger partial charge is 0.382 e. The van der Waals surface area contributed by atoms with E-state index >= 15 is 0 Å². The zero-order valence-corrected chi connectivity index (χ0v) is 10.8. The molecular formula is C15H23NO. The van der Waals surface area contributed by atoms with Gasteiger partial charge in [0.25, 0.3) is 0 Å². The van der Waals surface area contributed by atoms with Crippen LogP contribution in [0.25, 0.3) is 0 Å². The zero-order chi connectivity index (χ0) is 11.9. The minimum Gasteiger partial charge on any atom is -0.382 e. The molecule has 0 unspecified atom stereocenters. The van der Waals surface area contributed by atoms with E-state index in [-0.39, 0.29) is 0 Å². The van der Waals surface area contributed by atoms with Gasteiger partial charge in [0.05, 0.1) is 6.61 Å². The van der Waals surface area contributed by atoms with E-state index in [0.29, 0.717) is 0 Å². The molecule has 0 radical (unpaired) electrons. The van der Waals surface area contributed by atoms with Crippen LogP contribution < -0.4 is 5.32 Å². The van der Waals surface area contributed by atoms with Gasteiger partial charge in [-0.25, -0.2) is 0 Å². The Bertz CT molecular complexity index is 349. The van der Waals surface area contributed by atoms with Crippen molar-refractivity contribution in [1.29, 1.82) is 0 Å². The molecule has 17 heavy (non-hydrogen) atoms. The molecular weight excluding hydrogens is 210 g/mol. The molecule has 0 heterocycles. The highest BCUT2D eigenvalue weighted by atomic mass is 16.5. The molecule has 1 aromatic carbocycles. The highest BCUT2D eigenvalue weighted by molar-refractivity contribution is 5.55. The van der Waals surface area contributed by atoms with Crippen LogP contribution >= 0.6 is 0 Å². The summed E-state index contributed by atoms with van der Waals surface area (Å²) < 4.78 is 5.49. The molecule has 1 aromatic rings.